The van der Waals surface area contributed by atoms with Gasteiger partial charge in [-0.05, 0) is 26.2 Å². The molecule has 0 saturated carbocycles. The molecule has 1 rings (SSSR count). The third-order valence-corrected chi connectivity index (χ3v) is 1.81. The Bertz CT molecular complexity index is 158. The van der Waals surface area contributed by atoms with E-state index in [2.05, 4.69) is 0 Å². The molecule has 1 heteroatoms. The smallest absolute Gasteiger partial charge is 0.101 e. The van der Waals surface area contributed by atoms with Gasteiger partial charge in [0.05, 0.1) is 0 Å². The van der Waals surface area contributed by atoms with Gasteiger partial charge in [-0.25, -0.2) is 0 Å². The van der Waals surface area contributed by atoms with E-state index in [1.165, 1.54) is 0 Å². The second-order valence-corrected chi connectivity index (χ2v) is 2.79. The van der Waals surface area contributed by atoms with E-state index < -0.39 is 5.60 Å². The zero-order chi connectivity index (χ0) is 7.45. The van der Waals surface area contributed by atoms with Crippen molar-refractivity contribution in [1.29, 1.82) is 0 Å². The van der Waals surface area contributed by atoms with Gasteiger partial charge in [-0.15, -0.1) is 0 Å². The Labute approximate surface area is 62.1 Å². The first-order valence-corrected chi connectivity index (χ1v) is 3.81. The molecule has 0 saturated heterocycles. The van der Waals surface area contributed by atoms with Gasteiger partial charge in [-0.1, -0.05) is 24.3 Å². The van der Waals surface area contributed by atoms with Gasteiger partial charge in [-0.2, -0.15) is 0 Å². The summed E-state index contributed by atoms with van der Waals surface area (Å²) in [5.74, 6) is 0. The molecule has 0 aromatic heterocycles. The zero-order valence-corrected chi connectivity index (χ0v) is 6.38. The fourth-order valence-electron chi connectivity index (χ4n) is 1.30. The molecule has 1 nitrogen and oxygen atoms in total. The maximum atomic E-state index is 9.70. The molecular formula is C9H14O. The zero-order valence-electron chi connectivity index (χ0n) is 6.38. The Morgan fingerprint density at radius 2 is 2.40 bits per heavy atom. The summed E-state index contributed by atoms with van der Waals surface area (Å²) in [6.45, 7) is 1.93. The standard InChI is InChI=1S/C9H14O/c1-2-6-9(10)7-4-3-5-8-9/h2,4,6-7,10H,3,5,8H2,1H3/b6-2-. The Morgan fingerprint density at radius 3 is 2.90 bits per heavy atom. The van der Waals surface area contributed by atoms with Gasteiger partial charge in [-0.3, -0.25) is 0 Å². The van der Waals surface area contributed by atoms with Crippen LogP contribution in [0, 0.1) is 0 Å². The van der Waals surface area contributed by atoms with E-state index in [0.29, 0.717) is 0 Å². The predicted octanol–water partition coefficient (Wildman–Crippen LogP) is 2.03. The van der Waals surface area contributed by atoms with Gasteiger partial charge in [0.1, 0.15) is 5.60 Å². The molecule has 0 bridgehead atoms. The van der Waals surface area contributed by atoms with Gasteiger partial charge in [0.25, 0.3) is 0 Å². The minimum absolute atomic E-state index is 0.632. The number of hydrogen-bond acceptors (Lipinski definition) is 1. The van der Waals surface area contributed by atoms with Crippen LogP contribution in [0.3, 0.4) is 0 Å². The Kier molecular flexibility index (Phi) is 2.28. The lowest BCUT2D eigenvalue weighted by Gasteiger charge is -2.23. The predicted molar refractivity (Wildman–Crippen MR) is 42.8 cm³/mol. The summed E-state index contributed by atoms with van der Waals surface area (Å²) >= 11 is 0. The fraction of sp³-hybridized carbons (Fsp3) is 0.556. The van der Waals surface area contributed by atoms with Crippen molar-refractivity contribution in [3.05, 3.63) is 24.3 Å². The molecule has 1 aliphatic rings. The Morgan fingerprint density at radius 1 is 1.60 bits per heavy atom. The van der Waals surface area contributed by atoms with Crippen LogP contribution in [0.15, 0.2) is 24.3 Å². The molecule has 10 heavy (non-hydrogen) atoms. The monoisotopic (exact) mass is 138 g/mol. The van der Waals surface area contributed by atoms with E-state index >= 15 is 0 Å². The lowest BCUT2D eigenvalue weighted by atomic mass is 9.91. The first-order chi connectivity index (χ1) is 4.77. The second-order valence-electron chi connectivity index (χ2n) is 2.79. The van der Waals surface area contributed by atoms with Gasteiger partial charge >= 0.3 is 0 Å². The summed E-state index contributed by atoms with van der Waals surface area (Å²) in [4.78, 5) is 0. The maximum Gasteiger partial charge on any atom is 0.101 e. The van der Waals surface area contributed by atoms with E-state index in [-0.39, 0.29) is 0 Å². The maximum absolute atomic E-state index is 9.70. The van der Waals surface area contributed by atoms with Crippen molar-refractivity contribution in [3.63, 3.8) is 0 Å². The van der Waals surface area contributed by atoms with Crippen LogP contribution in [0.1, 0.15) is 26.2 Å². The molecule has 0 radical (unpaired) electrons. The van der Waals surface area contributed by atoms with Crippen molar-refractivity contribution in [1.82, 2.24) is 0 Å². The van der Waals surface area contributed by atoms with Crippen LogP contribution in [0.25, 0.3) is 0 Å². The first-order valence-electron chi connectivity index (χ1n) is 3.81. The van der Waals surface area contributed by atoms with E-state index in [1.54, 1.807) is 0 Å². The summed E-state index contributed by atoms with van der Waals surface area (Å²) in [6, 6.07) is 0. The van der Waals surface area contributed by atoms with Crippen LogP contribution < -0.4 is 0 Å². The summed E-state index contributed by atoms with van der Waals surface area (Å²) in [7, 11) is 0. The molecule has 0 spiro atoms. The van der Waals surface area contributed by atoms with Crippen LogP contribution in [0.4, 0.5) is 0 Å². The minimum atomic E-state index is -0.632. The number of rotatable bonds is 1. The summed E-state index contributed by atoms with van der Waals surface area (Å²) in [5, 5.41) is 9.70. The average molecular weight is 138 g/mol. The lowest BCUT2D eigenvalue weighted by Crippen LogP contribution is -2.24. The highest BCUT2D eigenvalue weighted by molar-refractivity contribution is 5.15. The molecule has 56 valence electrons. The molecule has 0 aliphatic heterocycles. The van der Waals surface area contributed by atoms with Crippen LogP contribution in [-0.2, 0) is 0 Å². The van der Waals surface area contributed by atoms with Crippen LogP contribution in [0.5, 0.6) is 0 Å². The van der Waals surface area contributed by atoms with Crippen LogP contribution in [-0.4, -0.2) is 10.7 Å². The van der Waals surface area contributed by atoms with Crippen molar-refractivity contribution in [2.24, 2.45) is 0 Å². The van der Waals surface area contributed by atoms with Crippen molar-refractivity contribution in [3.8, 4) is 0 Å². The first kappa shape index (κ1) is 7.55. The third kappa shape index (κ3) is 1.71. The fourth-order valence-corrected chi connectivity index (χ4v) is 1.30. The summed E-state index contributed by atoms with van der Waals surface area (Å²) in [6.07, 6.45) is 10.8. The second kappa shape index (κ2) is 3.02. The highest BCUT2D eigenvalue weighted by atomic mass is 16.3. The number of aliphatic hydroxyl groups is 1. The molecule has 0 heterocycles. The summed E-state index contributed by atoms with van der Waals surface area (Å²) < 4.78 is 0. The van der Waals surface area contributed by atoms with Crippen LogP contribution >= 0.6 is 0 Å². The Balaban J connectivity index is 2.65. The molecule has 0 aromatic rings. The molecule has 1 N–H and O–H groups in total. The number of allylic oxidation sites excluding steroid dienone is 2. The SMILES string of the molecule is C/C=C\C1(O)C=CCCC1. The number of hydrogen-bond donors (Lipinski definition) is 1. The molecule has 0 aromatic carbocycles. The van der Waals surface area contributed by atoms with E-state index in [1.807, 2.05) is 31.2 Å². The van der Waals surface area contributed by atoms with E-state index in [9.17, 15) is 5.11 Å². The van der Waals surface area contributed by atoms with Gasteiger partial charge in [0.2, 0.25) is 0 Å². The third-order valence-electron chi connectivity index (χ3n) is 1.81. The van der Waals surface area contributed by atoms with Crippen molar-refractivity contribution in [2.45, 2.75) is 31.8 Å². The van der Waals surface area contributed by atoms with E-state index in [0.717, 1.165) is 19.3 Å². The lowest BCUT2D eigenvalue weighted by molar-refractivity contribution is 0.125. The largest absolute Gasteiger partial charge is 0.382 e. The molecule has 1 aliphatic carbocycles. The average Bonchev–Trinajstić information content (AvgIpc) is 1.89. The van der Waals surface area contributed by atoms with Gasteiger partial charge in [0, 0.05) is 0 Å². The highest BCUT2D eigenvalue weighted by Gasteiger charge is 2.20. The topological polar surface area (TPSA) is 20.2 Å². The van der Waals surface area contributed by atoms with Gasteiger partial charge < -0.3 is 5.11 Å². The highest BCUT2D eigenvalue weighted by Crippen LogP contribution is 2.22. The van der Waals surface area contributed by atoms with Crippen molar-refractivity contribution >= 4 is 0 Å². The Hall–Kier alpha value is -0.560. The van der Waals surface area contributed by atoms with Crippen LogP contribution in [0.2, 0.25) is 0 Å². The van der Waals surface area contributed by atoms with Crippen molar-refractivity contribution < 1.29 is 5.11 Å². The molecule has 1 atom stereocenters. The minimum Gasteiger partial charge on any atom is -0.382 e. The molecule has 0 fully saturated rings. The van der Waals surface area contributed by atoms with Gasteiger partial charge in [0.15, 0.2) is 0 Å². The van der Waals surface area contributed by atoms with Crippen molar-refractivity contribution in [2.75, 3.05) is 0 Å². The molecule has 0 amide bonds. The normalized spacial score (nSPS) is 33.4. The molecular weight excluding hydrogens is 124 g/mol. The molecule has 1 unspecified atom stereocenters. The summed E-state index contributed by atoms with van der Waals surface area (Å²) in [5.41, 5.74) is -0.632. The quantitative estimate of drug-likeness (QED) is 0.550. The van der Waals surface area contributed by atoms with E-state index in [4.69, 9.17) is 0 Å².